The molecule has 1 N–H and O–H groups in total. The quantitative estimate of drug-likeness (QED) is 0.696. The number of rotatable bonds is 5. The Kier molecular flexibility index (Phi) is 7.84. The minimum atomic E-state index is -1.21. The van der Waals surface area contributed by atoms with Crippen molar-refractivity contribution in [3.8, 4) is 0 Å². The molecule has 0 amide bonds. The van der Waals surface area contributed by atoms with Crippen LogP contribution in [0, 0.1) is 23.7 Å². The summed E-state index contributed by atoms with van der Waals surface area (Å²) in [5.74, 6) is -0.717. The van der Waals surface area contributed by atoms with Gasteiger partial charge in [0.2, 0.25) is 0 Å². The molecular formula is C20H34O8. The number of ether oxygens (including phenoxy) is 5. The number of aliphatic hydroxyl groups excluding tert-OH is 1. The maximum absolute atomic E-state index is 11.6. The van der Waals surface area contributed by atoms with E-state index in [0.717, 1.165) is 0 Å². The first-order valence-electron chi connectivity index (χ1n) is 9.97. The molecule has 0 spiro atoms. The topological polar surface area (TPSA) is 101 Å². The highest BCUT2D eigenvalue weighted by Gasteiger charge is 2.48. The van der Waals surface area contributed by atoms with Crippen LogP contribution in [0.15, 0.2) is 0 Å². The maximum atomic E-state index is 11.6. The van der Waals surface area contributed by atoms with Crippen LogP contribution in [-0.2, 0) is 33.3 Å². The molecule has 2 aliphatic heterocycles. The van der Waals surface area contributed by atoms with E-state index >= 15 is 0 Å². The van der Waals surface area contributed by atoms with E-state index in [4.69, 9.17) is 23.7 Å². The zero-order valence-electron chi connectivity index (χ0n) is 17.8. The van der Waals surface area contributed by atoms with Gasteiger partial charge in [-0.3, -0.25) is 9.59 Å². The first-order chi connectivity index (χ1) is 13.0. The largest absolute Gasteiger partial charge is 0.463 e. The molecule has 0 aromatic carbocycles. The van der Waals surface area contributed by atoms with Crippen molar-refractivity contribution < 1.29 is 38.4 Å². The smallest absolute Gasteiger partial charge is 0.303 e. The van der Waals surface area contributed by atoms with Crippen molar-refractivity contribution in [3.63, 3.8) is 0 Å². The van der Waals surface area contributed by atoms with Gasteiger partial charge in [-0.2, -0.15) is 0 Å². The molecular weight excluding hydrogens is 368 g/mol. The molecule has 2 heterocycles. The van der Waals surface area contributed by atoms with Crippen molar-refractivity contribution in [2.45, 2.75) is 85.5 Å². The average molecular weight is 402 g/mol. The third-order valence-electron chi connectivity index (χ3n) is 6.28. The summed E-state index contributed by atoms with van der Waals surface area (Å²) in [6.45, 7) is 12.7. The van der Waals surface area contributed by atoms with E-state index < -0.39 is 42.8 Å². The second-order valence-electron chi connectivity index (χ2n) is 8.19. The molecule has 8 nitrogen and oxygen atoms in total. The fourth-order valence-corrected chi connectivity index (χ4v) is 3.87. The minimum Gasteiger partial charge on any atom is -0.463 e. The number of carbonyl (C=O) groups excluding carboxylic acids is 2. The fraction of sp³-hybridized carbons (Fsp3) is 0.900. The van der Waals surface area contributed by atoms with Gasteiger partial charge >= 0.3 is 11.9 Å². The number of carbonyl (C=O) groups is 2. The van der Waals surface area contributed by atoms with Crippen LogP contribution in [0.3, 0.4) is 0 Å². The lowest BCUT2D eigenvalue weighted by Gasteiger charge is -2.47. The summed E-state index contributed by atoms with van der Waals surface area (Å²) in [4.78, 5) is 22.7. The van der Waals surface area contributed by atoms with Crippen LogP contribution in [-0.4, -0.2) is 60.6 Å². The van der Waals surface area contributed by atoms with Crippen LogP contribution in [0.25, 0.3) is 0 Å². The molecule has 0 aromatic rings. The Morgan fingerprint density at radius 2 is 1.46 bits per heavy atom. The van der Waals surface area contributed by atoms with Crippen LogP contribution in [0.4, 0.5) is 0 Å². The number of aliphatic hydroxyl groups is 1. The van der Waals surface area contributed by atoms with E-state index in [1.165, 1.54) is 13.8 Å². The summed E-state index contributed by atoms with van der Waals surface area (Å²) in [6.07, 6.45) is -3.76. The van der Waals surface area contributed by atoms with E-state index in [0.29, 0.717) is 0 Å². The third kappa shape index (κ3) is 5.23. The zero-order chi connectivity index (χ0) is 21.2. The van der Waals surface area contributed by atoms with E-state index in [1.807, 2.05) is 34.6 Å². The summed E-state index contributed by atoms with van der Waals surface area (Å²) >= 11 is 0. The van der Waals surface area contributed by atoms with Crippen molar-refractivity contribution in [1.29, 1.82) is 0 Å². The highest BCUT2D eigenvalue weighted by Crippen LogP contribution is 2.37. The monoisotopic (exact) mass is 402 g/mol. The van der Waals surface area contributed by atoms with Gasteiger partial charge in [0.1, 0.15) is 12.7 Å². The Morgan fingerprint density at radius 1 is 0.857 bits per heavy atom. The maximum Gasteiger partial charge on any atom is 0.303 e. The minimum absolute atomic E-state index is 0.0303. The summed E-state index contributed by atoms with van der Waals surface area (Å²) < 4.78 is 28.3. The Morgan fingerprint density at radius 3 is 2.04 bits per heavy atom. The second-order valence-corrected chi connectivity index (χ2v) is 8.19. The van der Waals surface area contributed by atoms with Gasteiger partial charge in [-0.1, -0.05) is 27.7 Å². The molecule has 0 aliphatic carbocycles. The third-order valence-corrected chi connectivity index (χ3v) is 6.28. The van der Waals surface area contributed by atoms with Crippen molar-refractivity contribution >= 4 is 11.9 Å². The lowest BCUT2D eigenvalue weighted by Crippen LogP contribution is -2.57. The highest BCUT2D eigenvalue weighted by molar-refractivity contribution is 5.66. The molecule has 2 fully saturated rings. The van der Waals surface area contributed by atoms with Gasteiger partial charge in [-0.05, 0) is 24.7 Å². The molecule has 162 valence electrons. The predicted octanol–water partition coefficient (Wildman–Crippen LogP) is 1.87. The summed E-state index contributed by atoms with van der Waals surface area (Å²) in [6, 6.07) is 0. The fourth-order valence-electron chi connectivity index (χ4n) is 3.87. The van der Waals surface area contributed by atoms with Gasteiger partial charge < -0.3 is 28.8 Å². The Hall–Kier alpha value is -1.22. The van der Waals surface area contributed by atoms with Crippen LogP contribution in [0.1, 0.15) is 48.5 Å². The first kappa shape index (κ1) is 23.1. The van der Waals surface area contributed by atoms with Crippen molar-refractivity contribution in [2.24, 2.45) is 23.7 Å². The Labute approximate surface area is 166 Å². The van der Waals surface area contributed by atoms with Crippen molar-refractivity contribution in [1.82, 2.24) is 0 Å². The molecule has 0 radical (unpaired) electrons. The van der Waals surface area contributed by atoms with Gasteiger partial charge in [-0.15, -0.1) is 0 Å². The lowest BCUT2D eigenvalue weighted by molar-refractivity contribution is -0.338. The lowest BCUT2D eigenvalue weighted by atomic mass is 9.82. The number of esters is 2. The molecule has 0 saturated carbocycles. The first-order valence-corrected chi connectivity index (χ1v) is 9.97. The molecule has 2 rings (SSSR count). The SMILES string of the molecule is CC(=O)OCC1OC(O)C(O[C@@H]2OC(C)[C@H](C)[C@H](C)C2OC(C)=O)[C@H](C)[C@@H]1C. The van der Waals surface area contributed by atoms with E-state index in [2.05, 4.69) is 0 Å². The van der Waals surface area contributed by atoms with Crippen molar-refractivity contribution in [3.05, 3.63) is 0 Å². The molecule has 5 unspecified atom stereocenters. The molecule has 2 saturated heterocycles. The summed E-state index contributed by atoms with van der Waals surface area (Å²) in [5.41, 5.74) is 0. The van der Waals surface area contributed by atoms with E-state index in [9.17, 15) is 14.7 Å². The second kappa shape index (κ2) is 9.52. The molecule has 10 atom stereocenters. The molecule has 0 aromatic heterocycles. The van der Waals surface area contributed by atoms with Gasteiger partial charge in [0.15, 0.2) is 18.7 Å². The van der Waals surface area contributed by atoms with Crippen LogP contribution in [0.2, 0.25) is 0 Å². The number of hydrogen-bond acceptors (Lipinski definition) is 8. The average Bonchev–Trinajstić information content (AvgIpc) is 2.61. The summed E-state index contributed by atoms with van der Waals surface area (Å²) in [7, 11) is 0. The predicted molar refractivity (Wildman–Crippen MR) is 98.9 cm³/mol. The zero-order valence-corrected chi connectivity index (χ0v) is 17.8. The summed E-state index contributed by atoms with van der Waals surface area (Å²) in [5, 5.41) is 10.5. The van der Waals surface area contributed by atoms with Gasteiger partial charge in [-0.25, -0.2) is 0 Å². The van der Waals surface area contributed by atoms with Crippen LogP contribution < -0.4 is 0 Å². The van der Waals surface area contributed by atoms with Crippen LogP contribution >= 0.6 is 0 Å². The Bertz CT molecular complexity index is 552. The van der Waals surface area contributed by atoms with Gasteiger partial charge in [0.25, 0.3) is 0 Å². The van der Waals surface area contributed by atoms with Crippen LogP contribution in [0.5, 0.6) is 0 Å². The standard InChI is InChI=1S/C20H34O8/c1-9-11(3)18(26-15(7)22)20(25-13(9)5)28-17-12(4)10(2)16(27-19(17)23)8-24-14(6)21/h9-13,16-20,23H,8H2,1-7H3/t9-,10+,11+,12-,13?,16?,17?,18?,19?,20+/m1/s1. The van der Waals surface area contributed by atoms with Crippen molar-refractivity contribution in [2.75, 3.05) is 6.61 Å². The molecule has 2 aliphatic rings. The Balaban J connectivity index is 2.11. The van der Waals surface area contributed by atoms with Gasteiger partial charge in [0.05, 0.1) is 12.2 Å². The molecule has 0 bridgehead atoms. The van der Waals surface area contributed by atoms with Gasteiger partial charge in [0, 0.05) is 19.8 Å². The normalized spacial score (nSPS) is 44.0. The highest BCUT2D eigenvalue weighted by atomic mass is 16.7. The number of hydrogen-bond donors (Lipinski definition) is 1. The van der Waals surface area contributed by atoms with E-state index in [1.54, 1.807) is 0 Å². The van der Waals surface area contributed by atoms with E-state index in [-0.39, 0.29) is 36.4 Å². The molecule has 28 heavy (non-hydrogen) atoms. The molecule has 8 heteroatoms.